The summed E-state index contributed by atoms with van der Waals surface area (Å²) in [6.07, 6.45) is 12.6. The van der Waals surface area contributed by atoms with Gasteiger partial charge in [0.2, 0.25) is 11.7 Å². The largest absolute Gasteiger partial charge is 0.487 e. The number of pyridine rings is 1. The van der Waals surface area contributed by atoms with E-state index in [0.29, 0.717) is 48.6 Å². The van der Waals surface area contributed by atoms with Crippen molar-refractivity contribution in [3.8, 4) is 11.5 Å². The number of carbonyl (C=O) groups excluding carboxylic acids is 1. The number of benzene rings is 3. The number of ether oxygens (including phenoxy) is 3. The second kappa shape index (κ2) is 22.8. The summed E-state index contributed by atoms with van der Waals surface area (Å²) >= 11 is 0. The summed E-state index contributed by atoms with van der Waals surface area (Å²) in [5.74, 6) is -1.05. The highest BCUT2D eigenvalue weighted by molar-refractivity contribution is 6.03. The summed E-state index contributed by atoms with van der Waals surface area (Å²) < 4.78 is 21.0. The van der Waals surface area contributed by atoms with E-state index in [4.69, 9.17) is 24.2 Å². The monoisotopic (exact) mass is 898 g/mol. The van der Waals surface area contributed by atoms with E-state index < -0.39 is 22.7 Å². The molecule has 2 aliphatic carbocycles. The predicted molar refractivity (Wildman–Crippen MR) is 254 cm³/mol. The van der Waals surface area contributed by atoms with Crippen LogP contribution in [-0.4, -0.2) is 74.8 Å². The Morgan fingerprint density at radius 2 is 1.77 bits per heavy atom. The Bertz CT molecular complexity index is 2370. The van der Waals surface area contributed by atoms with E-state index in [2.05, 4.69) is 23.7 Å². The minimum atomic E-state index is -1.43. The molecule has 13 heteroatoms. The molecule has 2 N–H and O–H groups in total. The Morgan fingerprint density at radius 1 is 1.00 bits per heavy atom. The van der Waals surface area contributed by atoms with Gasteiger partial charge in [-0.3, -0.25) is 19.9 Å². The maximum absolute atomic E-state index is 14.8. The number of hydrogen-bond donors (Lipinski definition) is 2. The number of oxime groups is 1. The number of aliphatic hydroxyl groups is 2. The van der Waals surface area contributed by atoms with E-state index in [1.54, 1.807) is 24.3 Å². The van der Waals surface area contributed by atoms with Gasteiger partial charge in [-0.25, -0.2) is 0 Å². The minimum absolute atomic E-state index is 0.0367. The lowest BCUT2D eigenvalue weighted by Crippen LogP contribution is -2.70. The standard InChI is InChI=1S/C53H62N4O9/c1-4-28-56(50(60)27-22-38-20-23-42(24-21-38)57(61)62)49-34-47(55-65-35-39-15-7-6-8-16-39)45-32-40(17-9-11-29-58)44(19-10-12-30-59)51-46-33-43(63-36-41-18-13-14-37(3)54-41)25-26-48(46)66-53(49,52(45)51)64-31-5-2/h5-8,13-16,18,20-27,32-33,40,44,49,51-52,58-59H,2,4,9-12,17,19,28-31,34-36H2,1,3H3/t40-,44+,49-,51+,52+,53+/m0/s1. The number of allylic oxidation sites excluding steroid dienone is 1. The fraction of sp³-hybridized carbons (Fsp3) is 0.415. The highest BCUT2D eigenvalue weighted by atomic mass is 16.7. The van der Waals surface area contributed by atoms with Gasteiger partial charge in [0.1, 0.15) is 30.8 Å². The van der Waals surface area contributed by atoms with Gasteiger partial charge in [-0.05, 0) is 116 Å². The summed E-state index contributed by atoms with van der Waals surface area (Å²) in [6, 6.07) is 27.0. The lowest BCUT2D eigenvalue weighted by Gasteiger charge is -2.60. The molecule has 3 aliphatic rings. The zero-order valence-electron chi connectivity index (χ0n) is 38.0. The molecule has 1 fully saturated rings. The number of nitro groups is 1. The van der Waals surface area contributed by atoms with Crippen LogP contribution in [0.3, 0.4) is 0 Å². The van der Waals surface area contributed by atoms with Crippen LogP contribution in [0.5, 0.6) is 11.5 Å². The molecule has 0 saturated heterocycles. The molecule has 0 radical (unpaired) electrons. The van der Waals surface area contributed by atoms with Gasteiger partial charge < -0.3 is 34.2 Å². The number of nitro benzene ring substituents is 1. The molecule has 6 atom stereocenters. The first-order chi connectivity index (χ1) is 32.2. The molecule has 66 heavy (non-hydrogen) atoms. The second-order valence-electron chi connectivity index (χ2n) is 17.3. The summed E-state index contributed by atoms with van der Waals surface area (Å²) in [5.41, 5.74) is 5.86. The number of amides is 1. The van der Waals surface area contributed by atoms with Crippen LogP contribution in [0.1, 0.15) is 92.3 Å². The van der Waals surface area contributed by atoms with Crippen molar-refractivity contribution in [3.05, 3.63) is 160 Å². The lowest BCUT2D eigenvalue weighted by atomic mass is 9.55. The number of rotatable bonds is 23. The predicted octanol–water partition coefficient (Wildman–Crippen LogP) is 9.66. The number of nitrogens with zero attached hydrogens (tertiary/aromatic N) is 4. The van der Waals surface area contributed by atoms with Gasteiger partial charge >= 0.3 is 0 Å². The molecule has 348 valence electrons. The number of aliphatic hydroxyl groups excluding tert-OH is 2. The number of aryl methyl sites for hydroxylation is 1. The summed E-state index contributed by atoms with van der Waals surface area (Å²) in [4.78, 5) is 38.4. The Balaban J connectivity index is 1.40. The Labute approximate surface area is 387 Å². The average Bonchev–Trinajstić information content (AvgIpc) is 3.33. The molecule has 13 nitrogen and oxygen atoms in total. The molecule has 0 unspecified atom stereocenters. The van der Waals surface area contributed by atoms with E-state index >= 15 is 0 Å². The zero-order valence-corrected chi connectivity index (χ0v) is 38.0. The first kappa shape index (κ1) is 47.8. The number of non-ortho nitro benzene ring substituents is 1. The molecule has 0 spiro atoms. The van der Waals surface area contributed by atoms with E-state index in [-0.39, 0.29) is 68.8 Å². The minimum Gasteiger partial charge on any atom is -0.487 e. The Morgan fingerprint density at radius 3 is 2.48 bits per heavy atom. The Kier molecular flexibility index (Phi) is 16.5. The molecular weight excluding hydrogens is 837 g/mol. The average molecular weight is 899 g/mol. The Hall–Kier alpha value is -6.15. The molecule has 4 aromatic rings. The number of hydrogen-bond acceptors (Lipinski definition) is 11. The van der Waals surface area contributed by atoms with E-state index in [1.807, 2.05) is 79.4 Å². The van der Waals surface area contributed by atoms with Gasteiger partial charge in [0.25, 0.3) is 5.69 Å². The molecule has 3 aromatic carbocycles. The van der Waals surface area contributed by atoms with Crippen LogP contribution < -0.4 is 9.47 Å². The molecule has 1 amide bonds. The third-order valence-electron chi connectivity index (χ3n) is 12.9. The molecule has 1 aliphatic heterocycles. The van der Waals surface area contributed by atoms with Crippen molar-refractivity contribution in [1.29, 1.82) is 0 Å². The highest BCUT2D eigenvalue weighted by Gasteiger charge is 2.65. The molecule has 0 bridgehead atoms. The number of unbranched alkanes of at least 4 members (excludes halogenated alkanes) is 2. The SMILES string of the molecule is C=CCO[C@@]12Oc3ccc(OCc4cccc(C)n4)cc3[C@H]3[C@H](CCCCO)[C@@H](CCCCO)C=C(C(=NOCc4ccccc4)C[C@@H]1N(CCC)C(=O)C=Cc1ccc([N+](=O)[O-])cc1)[C@H]32. The highest BCUT2D eigenvalue weighted by Crippen LogP contribution is 2.62. The van der Waals surface area contributed by atoms with Gasteiger partial charge in [0, 0.05) is 61.6 Å². The molecule has 7 rings (SSSR count). The molecule has 2 heterocycles. The number of fused-ring (bicyclic) bond motifs is 2. The topological polar surface area (TPSA) is 166 Å². The van der Waals surface area contributed by atoms with Gasteiger partial charge in [0.05, 0.1) is 28.9 Å². The van der Waals surface area contributed by atoms with E-state index in [0.717, 1.165) is 53.8 Å². The van der Waals surface area contributed by atoms with Crippen molar-refractivity contribution in [1.82, 2.24) is 9.88 Å². The van der Waals surface area contributed by atoms with Crippen LogP contribution in [-0.2, 0) is 27.6 Å². The molecule has 1 saturated carbocycles. The number of aromatic nitrogens is 1. The van der Waals surface area contributed by atoms with Crippen LogP contribution in [0.2, 0.25) is 0 Å². The summed E-state index contributed by atoms with van der Waals surface area (Å²) in [7, 11) is 0. The smallest absolute Gasteiger partial charge is 0.269 e. The normalized spacial score (nSPS) is 22.5. The maximum Gasteiger partial charge on any atom is 0.269 e. The number of carbonyl (C=O) groups is 1. The fourth-order valence-corrected chi connectivity index (χ4v) is 9.97. The van der Waals surface area contributed by atoms with Crippen LogP contribution in [0.15, 0.2) is 127 Å². The van der Waals surface area contributed by atoms with E-state index in [9.17, 15) is 25.1 Å². The second-order valence-corrected chi connectivity index (χ2v) is 17.3. The van der Waals surface area contributed by atoms with Crippen molar-refractivity contribution < 1.29 is 39.0 Å². The van der Waals surface area contributed by atoms with Crippen molar-refractivity contribution in [3.63, 3.8) is 0 Å². The van der Waals surface area contributed by atoms with Crippen LogP contribution in [0.25, 0.3) is 6.08 Å². The van der Waals surface area contributed by atoms with Gasteiger partial charge in [-0.2, -0.15) is 0 Å². The third-order valence-corrected chi connectivity index (χ3v) is 12.9. The maximum atomic E-state index is 14.8. The van der Waals surface area contributed by atoms with Gasteiger partial charge in [-0.15, -0.1) is 6.58 Å². The molecule has 1 aromatic heterocycles. The zero-order chi connectivity index (χ0) is 46.5. The van der Waals surface area contributed by atoms with Crippen molar-refractivity contribution >= 4 is 23.4 Å². The fourth-order valence-electron chi connectivity index (χ4n) is 9.97. The summed E-state index contributed by atoms with van der Waals surface area (Å²) in [5, 5.41) is 36.3. The van der Waals surface area contributed by atoms with Crippen molar-refractivity contribution in [2.75, 3.05) is 26.4 Å². The van der Waals surface area contributed by atoms with Crippen molar-refractivity contribution in [2.45, 2.75) is 96.2 Å². The quantitative estimate of drug-likeness (QED) is 0.0241. The molecular formula is C53H62N4O9. The van der Waals surface area contributed by atoms with Crippen LogP contribution in [0.4, 0.5) is 5.69 Å². The third kappa shape index (κ3) is 11.1. The van der Waals surface area contributed by atoms with Gasteiger partial charge in [0.15, 0.2) is 0 Å². The van der Waals surface area contributed by atoms with Crippen LogP contribution in [0, 0.1) is 34.8 Å². The van der Waals surface area contributed by atoms with Crippen molar-refractivity contribution in [2.24, 2.45) is 22.9 Å². The van der Waals surface area contributed by atoms with E-state index in [1.165, 1.54) is 18.2 Å². The first-order valence-corrected chi connectivity index (χ1v) is 23.2. The van der Waals surface area contributed by atoms with Gasteiger partial charge in [-0.1, -0.05) is 73.5 Å². The van der Waals surface area contributed by atoms with Crippen LogP contribution >= 0.6 is 0 Å². The first-order valence-electron chi connectivity index (χ1n) is 23.2. The lowest BCUT2D eigenvalue weighted by molar-refractivity contribution is -0.384. The summed E-state index contributed by atoms with van der Waals surface area (Å²) in [6.45, 7) is 9.20.